The van der Waals surface area contributed by atoms with Crippen molar-refractivity contribution >= 4 is 22.9 Å². The molecular formula is C15H14N4. The van der Waals surface area contributed by atoms with Crippen molar-refractivity contribution in [2.75, 3.05) is 12.1 Å². The molecule has 4 nitrogen and oxygen atoms in total. The Morgan fingerprint density at radius 1 is 1.16 bits per heavy atom. The molecule has 0 amide bonds. The number of benzene rings is 1. The number of nitrogens with zero attached hydrogens (tertiary/aromatic N) is 3. The topological polar surface area (TPSA) is 44.3 Å². The van der Waals surface area contributed by atoms with E-state index in [1.807, 2.05) is 49.8 Å². The van der Waals surface area contributed by atoms with Crippen molar-refractivity contribution in [3.8, 4) is 0 Å². The number of pyridine rings is 1. The monoisotopic (exact) mass is 250 g/mol. The van der Waals surface area contributed by atoms with E-state index in [4.69, 9.17) is 0 Å². The molecule has 2 aromatic heterocycles. The molecule has 4 heteroatoms. The quantitative estimate of drug-likeness (QED) is 0.573. The Morgan fingerprint density at radius 3 is 2.84 bits per heavy atom. The molecule has 0 atom stereocenters. The zero-order chi connectivity index (χ0) is 13.1. The van der Waals surface area contributed by atoms with E-state index in [2.05, 4.69) is 27.2 Å². The summed E-state index contributed by atoms with van der Waals surface area (Å²) >= 11 is 0. The van der Waals surface area contributed by atoms with Gasteiger partial charge >= 0.3 is 0 Å². The molecule has 0 aliphatic carbocycles. The fourth-order valence-electron chi connectivity index (χ4n) is 1.95. The molecule has 3 rings (SSSR count). The molecule has 0 spiro atoms. The molecule has 0 bridgehead atoms. The van der Waals surface area contributed by atoms with Gasteiger partial charge in [-0.3, -0.25) is 5.01 Å². The van der Waals surface area contributed by atoms with Gasteiger partial charge in [-0.15, -0.1) is 0 Å². The molecule has 0 unspecified atom stereocenters. The van der Waals surface area contributed by atoms with E-state index in [0.717, 1.165) is 16.9 Å². The molecule has 1 N–H and O–H groups in total. The van der Waals surface area contributed by atoms with Crippen molar-refractivity contribution in [1.29, 1.82) is 0 Å². The summed E-state index contributed by atoms with van der Waals surface area (Å²) in [6.45, 7) is 0. The summed E-state index contributed by atoms with van der Waals surface area (Å²) in [6.07, 6.45) is 5.56. The van der Waals surface area contributed by atoms with Crippen LogP contribution in [-0.2, 0) is 0 Å². The Bertz CT molecular complexity index is 700. The lowest BCUT2D eigenvalue weighted by molar-refractivity contribution is 0.983. The minimum absolute atomic E-state index is 0.818. The van der Waals surface area contributed by atoms with Gasteiger partial charge in [0, 0.05) is 35.9 Å². The molecule has 0 saturated carbocycles. The normalized spacial score (nSPS) is 11.2. The molecule has 3 aromatic rings. The maximum atomic E-state index is 4.41. The molecule has 0 saturated heterocycles. The molecule has 0 aliphatic rings. The number of fused-ring (bicyclic) bond motifs is 1. The van der Waals surface area contributed by atoms with Crippen LogP contribution >= 0.6 is 0 Å². The second-order valence-electron chi connectivity index (χ2n) is 4.25. The summed E-state index contributed by atoms with van der Waals surface area (Å²) in [5.74, 6) is 0.818. The second kappa shape index (κ2) is 4.94. The number of para-hydroxylation sites is 1. The third-order valence-electron chi connectivity index (χ3n) is 2.97. The van der Waals surface area contributed by atoms with Crippen LogP contribution in [0.4, 0.5) is 5.82 Å². The van der Waals surface area contributed by atoms with Gasteiger partial charge in [0.1, 0.15) is 5.82 Å². The summed E-state index contributed by atoms with van der Waals surface area (Å²) < 4.78 is 0. The number of hydrazone groups is 1. The highest BCUT2D eigenvalue weighted by atomic mass is 15.5. The molecule has 0 radical (unpaired) electrons. The lowest BCUT2D eigenvalue weighted by atomic mass is 10.2. The highest BCUT2D eigenvalue weighted by molar-refractivity contribution is 5.99. The fourth-order valence-corrected chi connectivity index (χ4v) is 1.95. The molecule has 0 aliphatic heterocycles. The summed E-state index contributed by atoms with van der Waals surface area (Å²) in [6, 6.07) is 13.9. The molecule has 19 heavy (non-hydrogen) atoms. The first kappa shape index (κ1) is 11.5. The van der Waals surface area contributed by atoms with E-state index in [-0.39, 0.29) is 0 Å². The summed E-state index contributed by atoms with van der Waals surface area (Å²) in [5, 5.41) is 7.33. The van der Waals surface area contributed by atoms with Crippen LogP contribution in [-0.4, -0.2) is 23.2 Å². The molecule has 2 heterocycles. The van der Waals surface area contributed by atoms with E-state index in [0.29, 0.717) is 0 Å². The van der Waals surface area contributed by atoms with Gasteiger partial charge in [-0.2, -0.15) is 5.10 Å². The summed E-state index contributed by atoms with van der Waals surface area (Å²) in [7, 11) is 1.88. The van der Waals surface area contributed by atoms with E-state index < -0.39 is 0 Å². The number of anilines is 1. The van der Waals surface area contributed by atoms with Crippen LogP contribution in [0.3, 0.4) is 0 Å². The third-order valence-corrected chi connectivity index (χ3v) is 2.97. The van der Waals surface area contributed by atoms with Crippen molar-refractivity contribution in [2.24, 2.45) is 5.10 Å². The van der Waals surface area contributed by atoms with Crippen LogP contribution in [0.5, 0.6) is 0 Å². The van der Waals surface area contributed by atoms with Crippen molar-refractivity contribution in [2.45, 2.75) is 0 Å². The average molecular weight is 250 g/mol. The van der Waals surface area contributed by atoms with Gasteiger partial charge in [0.15, 0.2) is 0 Å². The van der Waals surface area contributed by atoms with Crippen LogP contribution in [0.15, 0.2) is 60.0 Å². The standard InChI is InChI=1S/C15H14N4/c1-19(15-8-4-5-9-16-15)18-11-12-10-17-14-7-3-2-6-13(12)14/h2-11,17H,1H3/b18-11-. The molecule has 0 fully saturated rings. The molecule has 94 valence electrons. The van der Waals surface area contributed by atoms with E-state index in [9.17, 15) is 0 Å². The first-order valence-corrected chi connectivity index (χ1v) is 6.09. The summed E-state index contributed by atoms with van der Waals surface area (Å²) in [5.41, 5.74) is 2.18. The van der Waals surface area contributed by atoms with Crippen LogP contribution in [0, 0.1) is 0 Å². The maximum Gasteiger partial charge on any atom is 0.148 e. The second-order valence-corrected chi connectivity index (χ2v) is 4.25. The van der Waals surface area contributed by atoms with Gasteiger partial charge in [0.05, 0.1) is 6.21 Å². The van der Waals surface area contributed by atoms with Gasteiger partial charge in [0.25, 0.3) is 0 Å². The lowest BCUT2D eigenvalue weighted by Crippen LogP contribution is -2.10. The number of aromatic nitrogens is 2. The average Bonchev–Trinajstić information content (AvgIpc) is 2.89. The van der Waals surface area contributed by atoms with E-state index in [1.165, 1.54) is 5.39 Å². The number of nitrogens with one attached hydrogen (secondary N) is 1. The van der Waals surface area contributed by atoms with Crippen molar-refractivity contribution in [1.82, 2.24) is 9.97 Å². The number of H-pyrrole nitrogens is 1. The number of aromatic amines is 1. The fraction of sp³-hybridized carbons (Fsp3) is 0.0667. The number of rotatable bonds is 3. The predicted molar refractivity (Wildman–Crippen MR) is 78.5 cm³/mol. The third kappa shape index (κ3) is 2.33. The first-order valence-electron chi connectivity index (χ1n) is 6.09. The zero-order valence-electron chi connectivity index (χ0n) is 10.6. The van der Waals surface area contributed by atoms with E-state index >= 15 is 0 Å². The number of hydrogen-bond acceptors (Lipinski definition) is 3. The van der Waals surface area contributed by atoms with Gasteiger partial charge in [0.2, 0.25) is 0 Å². The van der Waals surface area contributed by atoms with Crippen molar-refractivity contribution < 1.29 is 0 Å². The Labute approximate surface area is 111 Å². The first-order chi connectivity index (χ1) is 9.34. The highest BCUT2D eigenvalue weighted by Crippen LogP contribution is 2.16. The minimum Gasteiger partial charge on any atom is -0.361 e. The number of hydrogen-bond donors (Lipinski definition) is 1. The van der Waals surface area contributed by atoms with Gasteiger partial charge in [-0.25, -0.2) is 4.98 Å². The largest absolute Gasteiger partial charge is 0.361 e. The van der Waals surface area contributed by atoms with Crippen LogP contribution < -0.4 is 5.01 Å². The minimum atomic E-state index is 0.818. The highest BCUT2D eigenvalue weighted by Gasteiger charge is 2.01. The Balaban J connectivity index is 1.87. The van der Waals surface area contributed by atoms with Gasteiger partial charge in [-0.05, 0) is 18.2 Å². The maximum absolute atomic E-state index is 4.41. The van der Waals surface area contributed by atoms with Crippen LogP contribution in [0.1, 0.15) is 5.56 Å². The van der Waals surface area contributed by atoms with Crippen LogP contribution in [0.25, 0.3) is 10.9 Å². The van der Waals surface area contributed by atoms with Gasteiger partial charge < -0.3 is 4.98 Å². The Kier molecular flexibility index (Phi) is 2.98. The molecule has 1 aromatic carbocycles. The SMILES string of the molecule is CN(/N=C\c1c[nH]c2ccccc12)c1ccccn1. The van der Waals surface area contributed by atoms with Crippen molar-refractivity contribution in [3.63, 3.8) is 0 Å². The summed E-state index contributed by atoms with van der Waals surface area (Å²) in [4.78, 5) is 7.47. The van der Waals surface area contributed by atoms with E-state index in [1.54, 1.807) is 11.2 Å². The Morgan fingerprint density at radius 2 is 2.00 bits per heavy atom. The lowest BCUT2D eigenvalue weighted by Gasteiger charge is -2.10. The zero-order valence-corrected chi connectivity index (χ0v) is 10.6. The van der Waals surface area contributed by atoms with Crippen molar-refractivity contribution in [3.05, 3.63) is 60.4 Å². The Hall–Kier alpha value is -2.62. The van der Waals surface area contributed by atoms with Crippen LogP contribution in [0.2, 0.25) is 0 Å². The molecular weight excluding hydrogens is 236 g/mol. The predicted octanol–water partition coefficient (Wildman–Crippen LogP) is 3.03. The smallest absolute Gasteiger partial charge is 0.148 e. The van der Waals surface area contributed by atoms with Gasteiger partial charge in [-0.1, -0.05) is 24.3 Å².